The van der Waals surface area contributed by atoms with Crippen molar-refractivity contribution < 1.29 is 14.3 Å². The number of esters is 1. The molecular weight excluding hydrogens is 288 g/mol. The molecule has 0 amide bonds. The van der Waals surface area contributed by atoms with E-state index in [0.717, 1.165) is 12.0 Å². The molecule has 0 saturated heterocycles. The van der Waals surface area contributed by atoms with Crippen LogP contribution in [0.1, 0.15) is 58.9 Å². The number of unbranched alkanes of at least 4 members (excludes halogenated alkanes) is 3. The molecular formula is C20H30O3. The maximum atomic E-state index is 12.4. The fourth-order valence-electron chi connectivity index (χ4n) is 2.07. The van der Waals surface area contributed by atoms with Crippen LogP contribution >= 0.6 is 0 Å². The zero-order valence-electron chi connectivity index (χ0n) is 14.9. The van der Waals surface area contributed by atoms with Crippen molar-refractivity contribution in [3.8, 4) is 0 Å². The number of hydrogen-bond acceptors (Lipinski definition) is 3. The minimum Gasteiger partial charge on any atom is -0.457 e. The van der Waals surface area contributed by atoms with E-state index in [-0.39, 0.29) is 12.6 Å². The molecule has 1 rings (SSSR count). The van der Waals surface area contributed by atoms with Gasteiger partial charge in [-0.1, -0.05) is 56.5 Å². The van der Waals surface area contributed by atoms with E-state index in [4.69, 9.17) is 9.47 Å². The molecule has 0 aliphatic heterocycles. The zero-order chi connectivity index (χ0) is 17.1. The minimum absolute atomic E-state index is 0.288. The number of carbonyl (C=O) groups excluding carboxylic acids is 1. The summed E-state index contributed by atoms with van der Waals surface area (Å²) in [4.78, 5) is 12.4. The molecule has 23 heavy (non-hydrogen) atoms. The molecule has 1 aromatic carbocycles. The van der Waals surface area contributed by atoms with Crippen molar-refractivity contribution >= 4 is 12.0 Å². The number of ether oxygens (including phenoxy) is 2. The lowest BCUT2D eigenvalue weighted by molar-refractivity contribution is -0.150. The Bertz CT molecular complexity index is 483. The smallest absolute Gasteiger partial charge is 0.336 e. The lowest BCUT2D eigenvalue weighted by Crippen LogP contribution is -2.26. The topological polar surface area (TPSA) is 35.5 Å². The first-order valence-corrected chi connectivity index (χ1v) is 8.49. The molecule has 0 aromatic heterocycles. The van der Waals surface area contributed by atoms with E-state index >= 15 is 0 Å². The highest BCUT2D eigenvalue weighted by Crippen LogP contribution is 2.14. The normalized spacial score (nSPS) is 12.3. The van der Waals surface area contributed by atoms with Gasteiger partial charge in [0.15, 0.2) is 0 Å². The first-order valence-electron chi connectivity index (χ1n) is 8.49. The van der Waals surface area contributed by atoms with Gasteiger partial charge in [-0.25, -0.2) is 4.79 Å². The molecule has 0 fully saturated rings. The molecule has 0 aliphatic carbocycles. The second kappa shape index (κ2) is 10.2. The van der Waals surface area contributed by atoms with Gasteiger partial charge in [0.05, 0.1) is 12.2 Å². The molecule has 0 unspecified atom stereocenters. The van der Waals surface area contributed by atoms with Gasteiger partial charge in [-0.2, -0.15) is 0 Å². The fourth-order valence-corrected chi connectivity index (χ4v) is 2.07. The van der Waals surface area contributed by atoms with Crippen LogP contribution in [0.3, 0.4) is 0 Å². The van der Waals surface area contributed by atoms with Crippen molar-refractivity contribution in [3.05, 3.63) is 41.5 Å². The van der Waals surface area contributed by atoms with Crippen LogP contribution in [-0.2, 0) is 14.3 Å². The average Bonchev–Trinajstić information content (AvgIpc) is 2.49. The fraction of sp³-hybridized carbons (Fsp3) is 0.550. The number of carbonyl (C=O) groups is 1. The van der Waals surface area contributed by atoms with Crippen LogP contribution in [0.4, 0.5) is 0 Å². The highest BCUT2D eigenvalue weighted by atomic mass is 16.6. The zero-order valence-corrected chi connectivity index (χ0v) is 14.9. The molecule has 3 nitrogen and oxygen atoms in total. The van der Waals surface area contributed by atoms with Gasteiger partial charge in [0.25, 0.3) is 0 Å². The van der Waals surface area contributed by atoms with Crippen molar-refractivity contribution in [1.82, 2.24) is 0 Å². The van der Waals surface area contributed by atoms with E-state index in [9.17, 15) is 4.79 Å². The van der Waals surface area contributed by atoms with Gasteiger partial charge in [-0.05, 0) is 38.8 Å². The lowest BCUT2D eigenvalue weighted by Gasteiger charge is -2.20. The summed E-state index contributed by atoms with van der Waals surface area (Å²) in [5.41, 5.74) is 1.03. The summed E-state index contributed by atoms with van der Waals surface area (Å²) in [5.74, 6) is -0.310. The molecule has 0 radical (unpaired) electrons. The van der Waals surface area contributed by atoms with Crippen LogP contribution in [0.2, 0.25) is 0 Å². The lowest BCUT2D eigenvalue weighted by atomic mass is 10.1. The van der Waals surface area contributed by atoms with Gasteiger partial charge in [-0.15, -0.1) is 0 Å². The summed E-state index contributed by atoms with van der Waals surface area (Å²) in [6, 6.07) is 9.78. The molecule has 0 bridgehead atoms. The largest absolute Gasteiger partial charge is 0.457 e. The molecule has 0 atom stereocenters. The van der Waals surface area contributed by atoms with Crippen molar-refractivity contribution in [2.24, 2.45) is 0 Å². The van der Waals surface area contributed by atoms with Gasteiger partial charge in [-0.3, -0.25) is 0 Å². The summed E-state index contributed by atoms with van der Waals surface area (Å²) in [5, 5.41) is 0. The van der Waals surface area contributed by atoms with Crippen LogP contribution in [0.5, 0.6) is 0 Å². The molecule has 0 saturated carbocycles. The molecule has 1 aromatic rings. The Balaban J connectivity index is 2.65. The van der Waals surface area contributed by atoms with Crippen LogP contribution < -0.4 is 0 Å². The van der Waals surface area contributed by atoms with Gasteiger partial charge < -0.3 is 9.47 Å². The van der Waals surface area contributed by atoms with Crippen molar-refractivity contribution in [3.63, 3.8) is 0 Å². The number of rotatable bonds is 9. The highest BCUT2D eigenvalue weighted by Gasteiger charge is 2.20. The average molecular weight is 318 g/mol. The highest BCUT2D eigenvalue weighted by molar-refractivity contribution is 5.94. The summed E-state index contributed by atoms with van der Waals surface area (Å²) in [7, 11) is 0. The third kappa shape index (κ3) is 9.19. The standard InChI is InChI=1S/C20H30O3/c1-5-6-7-11-14-22-16-18(19(21)23-20(2,3)4)15-17-12-9-8-10-13-17/h8-10,12-13,15H,5-7,11,14,16H2,1-4H3. The van der Waals surface area contributed by atoms with Gasteiger partial charge in [0, 0.05) is 6.61 Å². The number of benzene rings is 1. The van der Waals surface area contributed by atoms with E-state index in [1.807, 2.05) is 57.2 Å². The first kappa shape index (κ1) is 19.4. The monoisotopic (exact) mass is 318 g/mol. The van der Waals surface area contributed by atoms with E-state index in [0.29, 0.717) is 12.2 Å². The third-order valence-corrected chi connectivity index (χ3v) is 3.20. The van der Waals surface area contributed by atoms with E-state index in [2.05, 4.69) is 6.92 Å². The summed E-state index contributed by atoms with van der Waals surface area (Å²) >= 11 is 0. The van der Waals surface area contributed by atoms with Crippen LogP contribution in [-0.4, -0.2) is 24.8 Å². The predicted octanol–water partition coefficient (Wildman–Crippen LogP) is 5.01. The predicted molar refractivity (Wildman–Crippen MR) is 95.2 cm³/mol. The van der Waals surface area contributed by atoms with Gasteiger partial charge in [0.2, 0.25) is 0 Å². The van der Waals surface area contributed by atoms with Gasteiger partial charge >= 0.3 is 5.97 Å². The molecule has 0 heterocycles. The van der Waals surface area contributed by atoms with Crippen molar-refractivity contribution in [2.45, 2.75) is 59.0 Å². The second-order valence-corrected chi connectivity index (χ2v) is 6.70. The molecule has 0 aliphatic rings. The number of hydrogen-bond donors (Lipinski definition) is 0. The van der Waals surface area contributed by atoms with E-state index in [1.165, 1.54) is 19.3 Å². The maximum Gasteiger partial charge on any atom is 0.336 e. The first-order chi connectivity index (χ1) is 10.9. The Morgan fingerprint density at radius 1 is 1.09 bits per heavy atom. The Morgan fingerprint density at radius 3 is 2.39 bits per heavy atom. The second-order valence-electron chi connectivity index (χ2n) is 6.70. The molecule has 0 N–H and O–H groups in total. The summed E-state index contributed by atoms with van der Waals surface area (Å²) < 4.78 is 11.2. The van der Waals surface area contributed by atoms with Crippen molar-refractivity contribution in [2.75, 3.05) is 13.2 Å². The van der Waals surface area contributed by atoms with Crippen LogP contribution in [0.15, 0.2) is 35.9 Å². The molecule has 128 valence electrons. The van der Waals surface area contributed by atoms with E-state index in [1.54, 1.807) is 0 Å². The Kier molecular flexibility index (Phi) is 8.64. The van der Waals surface area contributed by atoms with Gasteiger partial charge in [0.1, 0.15) is 5.60 Å². The summed E-state index contributed by atoms with van der Waals surface area (Å²) in [6.07, 6.45) is 6.47. The van der Waals surface area contributed by atoms with Crippen molar-refractivity contribution in [1.29, 1.82) is 0 Å². The quantitative estimate of drug-likeness (QED) is 0.365. The maximum absolute atomic E-state index is 12.4. The Morgan fingerprint density at radius 2 is 1.78 bits per heavy atom. The Hall–Kier alpha value is -1.61. The minimum atomic E-state index is -0.506. The SMILES string of the molecule is CCCCCCOCC(=Cc1ccccc1)C(=O)OC(C)(C)C. The van der Waals surface area contributed by atoms with Crippen LogP contribution in [0.25, 0.3) is 6.08 Å². The third-order valence-electron chi connectivity index (χ3n) is 3.20. The summed E-state index contributed by atoms with van der Waals surface area (Å²) in [6.45, 7) is 8.76. The molecule has 3 heteroatoms. The van der Waals surface area contributed by atoms with Crippen LogP contribution in [0, 0.1) is 0 Å². The Labute approximate surface area is 140 Å². The van der Waals surface area contributed by atoms with E-state index < -0.39 is 5.60 Å². The molecule has 0 spiro atoms.